The maximum atomic E-state index is 13.6. The molecule has 1 fully saturated rings. The molecule has 0 aliphatic carbocycles. The zero-order valence-corrected chi connectivity index (χ0v) is 22.8. The summed E-state index contributed by atoms with van der Waals surface area (Å²) in [5.74, 6) is 1.03. The molecule has 204 valence electrons. The number of nitrogens with zero attached hydrogens (tertiary/aromatic N) is 5. The van der Waals surface area contributed by atoms with E-state index in [0.717, 1.165) is 33.3 Å². The molecule has 1 saturated heterocycles. The summed E-state index contributed by atoms with van der Waals surface area (Å²) in [5.41, 5.74) is 4.37. The average molecular weight is 531 g/mol. The molecule has 10 heteroatoms. The van der Waals surface area contributed by atoms with Gasteiger partial charge in [-0.3, -0.25) is 14.5 Å². The van der Waals surface area contributed by atoms with Crippen molar-refractivity contribution in [2.24, 2.45) is 5.92 Å². The fourth-order valence-corrected chi connectivity index (χ4v) is 5.48. The van der Waals surface area contributed by atoms with Crippen LogP contribution in [0.3, 0.4) is 0 Å². The van der Waals surface area contributed by atoms with Gasteiger partial charge in [-0.25, -0.2) is 4.68 Å². The van der Waals surface area contributed by atoms with Gasteiger partial charge in [0.1, 0.15) is 11.8 Å². The number of methoxy groups -OCH3 is 1. The molecule has 3 heterocycles. The second-order valence-electron chi connectivity index (χ2n) is 10.1. The highest BCUT2D eigenvalue weighted by Gasteiger charge is 2.35. The molecule has 0 radical (unpaired) electrons. The monoisotopic (exact) mass is 530 g/mol. The summed E-state index contributed by atoms with van der Waals surface area (Å²) in [6.07, 6.45) is 1.28. The molecule has 2 aromatic carbocycles. The lowest BCUT2D eigenvalue weighted by Gasteiger charge is -2.36. The van der Waals surface area contributed by atoms with Crippen molar-refractivity contribution in [2.75, 3.05) is 26.8 Å². The lowest BCUT2D eigenvalue weighted by atomic mass is 9.93. The maximum Gasteiger partial charge on any atom is 0.309 e. The molecule has 0 spiro atoms. The number of carbonyl (C=O) groups excluding carboxylic acids is 1. The van der Waals surface area contributed by atoms with Gasteiger partial charge in [0, 0.05) is 18.7 Å². The van der Waals surface area contributed by atoms with Gasteiger partial charge in [0.05, 0.1) is 31.7 Å². The van der Waals surface area contributed by atoms with Crippen LogP contribution in [0.5, 0.6) is 5.75 Å². The van der Waals surface area contributed by atoms with Gasteiger partial charge < -0.3 is 14.5 Å². The van der Waals surface area contributed by atoms with Crippen molar-refractivity contribution in [3.05, 3.63) is 80.9 Å². The number of fused-ring (bicyclic) bond motifs is 1. The van der Waals surface area contributed by atoms with Crippen molar-refractivity contribution < 1.29 is 14.3 Å². The van der Waals surface area contributed by atoms with Gasteiger partial charge in [0.25, 0.3) is 5.56 Å². The average Bonchev–Trinajstić information content (AvgIpc) is 3.38. The van der Waals surface area contributed by atoms with Crippen molar-refractivity contribution in [3.8, 4) is 5.75 Å². The number of tetrazole rings is 1. The Morgan fingerprint density at radius 1 is 1.13 bits per heavy atom. The topological polar surface area (TPSA) is 115 Å². The van der Waals surface area contributed by atoms with Crippen LogP contribution in [0, 0.1) is 19.8 Å². The van der Waals surface area contributed by atoms with E-state index in [4.69, 9.17) is 9.47 Å². The van der Waals surface area contributed by atoms with Gasteiger partial charge in [0.15, 0.2) is 5.82 Å². The van der Waals surface area contributed by atoms with Crippen LogP contribution in [0.4, 0.5) is 0 Å². The lowest BCUT2D eigenvalue weighted by Crippen LogP contribution is -2.42. The summed E-state index contributed by atoms with van der Waals surface area (Å²) in [6.45, 7) is 7.88. The first-order valence-corrected chi connectivity index (χ1v) is 13.3. The third-order valence-electron chi connectivity index (χ3n) is 7.43. The van der Waals surface area contributed by atoms with E-state index < -0.39 is 6.04 Å². The number of rotatable bonds is 8. The van der Waals surface area contributed by atoms with E-state index in [9.17, 15) is 9.59 Å². The Balaban J connectivity index is 1.55. The number of aryl methyl sites for hydroxylation is 2. The molecule has 0 amide bonds. The van der Waals surface area contributed by atoms with Gasteiger partial charge in [-0.1, -0.05) is 23.8 Å². The van der Waals surface area contributed by atoms with Crippen LogP contribution in [0.25, 0.3) is 10.9 Å². The van der Waals surface area contributed by atoms with Crippen LogP contribution in [0.15, 0.2) is 47.3 Å². The molecular formula is C29H34N6O4. The van der Waals surface area contributed by atoms with Gasteiger partial charge in [-0.15, -0.1) is 5.10 Å². The number of aromatic amines is 1. The number of esters is 1. The summed E-state index contributed by atoms with van der Waals surface area (Å²) in [6, 6.07) is 13.3. The molecule has 1 N–H and O–H groups in total. The van der Waals surface area contributed by atoms with E-state index in [0.29, 0.717) is 50.5 Å². The molecule has 0 unspecified atom stereocenters. The standard InChI is InChI=1S/C29H34N6O4/c1-5-39-29(37)21-10-12-34(13-11-21)26(24-16-22-15-18(2)14-19(3)25(22)30-28(24)36)27-31-32-33-35(27)17-20-6-8-23(38-4)9-7-20/h6-9,14-16,21,26H,5,10-13,17H2,1-4H3,(H,30,36)/t26-/m0/s1. The van der Waals surface area contributed by atoms with E-state index in [2.05, 4.69) is 37.5 Å². The van der Waals surface area contributed by atoms with Crippen LogP contribution in [-0.2, 0) is 16.1 Å². The molecule has 0 bridgehead atoms. The highest BCUT2D eigenvalue weighted by atomic mass is 16.5. The third kappa shape index (κ3) is 5.56. The predicted octanol–water partition coefficient (Wildman–Crippen LogP) is 3.55. The highest BCUT2D eigenvalue weighted by molar-refractivity contribution is 5.83. The number of nitrogens with one attached hydrogen (secondary N) is 1. The maximum absolute atomic E-state index is 13.6. The van der Waals surface area contributed by atoms with E-state index in [-0.39, 0.29) is 17.4 Å². The minimum Gasteiger partial charge on any atom is -0.497 e. The molecule has 39 heavy (non-hydrogen) atoms. The number of piperidine rings is 1. The Morgan fingerprint density at radius 3 is 2.56 bits per heavy atom. The predicted molar refractivity (Wildman–Crippen MR) is 147 cm³/mol. The van der Waals surface area contributed by atoms with Gasteiger partial charge in [0.2, 0.25) is 0 Å². The number of benzene rings is 2. The molecule has 1 aliphatic rings. The minimum atomic E-state index is -0.490. The number of likely N-dealkylation sites (tertiary alicyclic amines) is 1. The summed E-state index contributed by atoms with van der Waals surface area (Å²) < 4.78 is 12.3. The van der Waals surface area contributed by atoms with Crippen LogP contribution < -0.4 is 10.3 Å². The second-order valence-corrected chi connectivity index (χ2v) is 10.1. The molecule has 4 aromatic rings. The van der Waals surface area contributed by atoms with E-state index in [1.165, 1.54) is 0 Å². The lowest BCUT2D eigenvalue weighted by molar-refractivity contribution is -0.149. The number of hydrogen-bond acceptors (Lipinski definition) is 8. The molecule has 2 aromatic heterocycles. The first kappa shape index (κ1) is 26.6. The SMILES string of the molecule is CCOC(=O)C1CCN([C@@H](c2cc3cc(C)cc(C)c3[nH]c2=O)c2nnnn2Cc2ccc(OC)cc2)CC1. The van der Waals surface area contributed by atoms with Crippen LogP contribution in [0.1, 0.15) is 53.9 Å². The Labute approximate surface area is 226 Å². The molecular weight excluding hydrogens is 496 g/mol. The fourth-order valence-electron chi connectivity index (χ4n) is 5.48. The summed E-state index contributed by atoms with van der Waals surface area (Å²) in [5, 5.41) is 13.7. The quantitative estimate of drug-likeness (QED) is 0.344. The van der Waals surface area contributed by atoms with Crippen molar-refractivity contribution in [3.63, 3.8) is 0 Å². The number of hydrogen-bond donors (Lipinski definition) is 1. The molecule has 0 saturated carbocycles. The zero-order valence-electron chi connectivity index (χ0n) is 22.8. The molecule has 5 rings (SSSR count). The first-order valence-electron chi connectivity index (χ1n) is 13.3. The Bertz CT molecular complexity index is 1520. The fraction of sp³-hybridized carbons (Fsp3) is 0.414. The van der Waals surface area contributed by atoms with Crippen LogP contribution in [0.2, 0.25) is 0 Å². The van der Waals surface area contributed by atoms with E-state index >= 15 is 0 Å². The number of aromatic nitrogens is 5. The summed E-state index contributed by atoms with van der Waals surface area (Å²) >= 11 is 0. The number of pyridine rings is 1. The number of carbonyl (C=O) groups is 1. The molecule has 10 nitrogen and oxygen atoms in total. The number of H-pyrrole nitrogens is 1. The van der Waals surface area contributed by atoms with Crippen LogP contribution in [-0.4, -0.2) is 62.9 Å². The van der Waals surface area contributed by atoms with Crippen LogP contribution >= 0.6 is 0 Å². The zero-order chi connectivity index (χ0) is 27.5. The van der Waals surface area contributed by atoms with E-state index in [1.54, 1.807) is 11.8 Å². The largest absolute Gasteiger partial charge is 0.497 e. The Morgan fingerprint density at radius 2 is 1.87 bits per heavy atom. The van der Waals surface area contributed by atoms with Gasteiger partial charge >= 0.3 is 5.97 Å². The summed E-state index contributed by atoms with van der Waals surface area (Å²) in [7, 11) is 1.63. The minimum absolute atomic E-state index is 0.155. The number of ether oxygens (including phenoxy) is 2. The van der Waals surface area contributed by atoms with Gasteiger partial charge in [-0.05, 0) is 84.8 Å². The van der Waals surface area contributed by atoms with Crippen molar-refractivity contribution in [1.29, 1.82) is 0 Å². The Hall–Kier alpha value is -4.05. The smallest absolute Gasteiger partial charge is 0.309 e. The van der Waals surface area contributed by atoms with E-state index in [1.807, 2.05) is 51.1 Å². The Kier molecular flexibility index (Phi) is 7.74. The second kappa shape index (κ2) is 11.4. The first-order chi connectivity index (χ1) is 18.9. The van der Waals surface area contributed by atoms with Crippen molar-refractivity contribution >= 4 is 16.9 Å². The highest BCUT2D eigenvalue weighted by Crippen LogP contribution is 2.32. The normalized spacial score (nSPS) is 15.4. The molecule has 1 aliphatic heterocycles. The summed E-state index contributed by atoms with van der Waals surface area (Å²) in [4.78, 5) is 31.3. The van der Waals surface area contributed by atoms with Gasteiger partial charge in [-0.2, -0.15) is 0 Å². The third-order valence-corrected chi connectivity index (χ3v) is 7.43. The van der Waals surface area contributed by atoms with Crippen molar-refractivity contribution in [1.82, 2.24) is 30.1 Å². The molecule has 1 atom stereocenters. The van der Waals surface area contributed by atoms with Crippen molar-refractivity contribution in [2.45, 2.75) is 46.2 Å².